The van der Waals surface area contributed by atoms with Gasteiger partial charge in [-0.05, 0) is 27.2 Å². The van der Waals surface area contributed by atoms with Gasteiger partial charge in [0.15, 0.2) is 5.85 Å². The van der Waals surface area contributed by atoms with Crippen molar-refractivity contribution in [3.63, 3.8) is 0 Å². The number of unbranched alkanes of at least 4 members (excludes halogenated alkanes) is 3. The maximum Gasteiger partial charge on any atom is 0.367 e. The third-order valence-electron chi connectivity index (χ3n) is 2.83. The second kappa shape index (κ2) is 8.39. The second-order valence-corrected chi connectivity index (χ2v) is 6.46. The standard InChI is InChI=1S/C13H27IN2O3/c1-5-6-7-8-9-10(18-13(4,15)16)12(2,3)19-11(14)17/h10H,5-9,15-16H2,1-4H3. The summed E-state index contributed by atoms with van der Waals surface area (Å²) in [6.45, 7) is 7.39. The SMILES string of the molecule is CCCCCCC(OC(C)(N)N)C(C)(C)OC(=O)I. The van der Waals surface area contributed by atoms with Gasteiger partial charge in [-0.1, -0.05) is 32.6 Å². The van der Waals surface area contributed by atoms with Gasteiger partial charge < -0.3 is 9.47 Å². The smallest absolute Gasteiger partial charge is 0.367 e. The highest BCUT2D eigenvalue weighted by Gasteiger charge is 2.36. The van der Waals surface area contributed by atoms with Gasteiger partial charge in [0.25, 0.3) is 0 Å². The molecule has 0 aromatic rings. The molecule has 0 spiro atoms. The quantitative estimate of drug-likeness (QED) is 0.275. The van der Waals surface area contributed by atoms with E-state index >= 15 is 0 Å². The largest absolute Gasteiger partial charge is 0.449 e. The first-order valence-electron chi connectivity index (χ1n) is 6.72. The van der Waals surface area contributed by atoms with Gasteiger partial charge in [0, 0.05) is 0 Å². The van der Waals surface area contributed by atoms with E-state index in [0.717, 1.165) is 19.3 Å². The van der Waals surface area contributed by atoms with Crippen molar-refractivity contribution in [1.29, 1.82) is 0 Å². The summed E-state index contributed by atoms with van der Waals surface area (Å²) < 4.78 is 10.6. The molecular formula is C13H27IN2O3. The van der Waals surface area contributed by atoms with Crippen molar-refractivity contribution in [2.45, 2.75) is 77.4 Å². The highest BCUT2D eigenvalue weighted by molar-refractivity contribution is 14.1. The lowest BCUT2D eigenvalue weighted by molar-refractivity contribution is -0.154. The van der Waals surface area contributed by atoms with Crippen LogP contribution >= 0.6 is 22.6 Å². The molecule has 0 aromatic heterocycles. The van der Waals surface area contributed by atoms with Crippen LogP contribution in [-0.4, -0.2) is 21.5 Å². The van der Waals surface area contributed by atoms with Crippen LogP contribution in [0.25, 0.3) is 0 Å². The van der Waals surface area contributed by atoms with Crippen LogP contribution in [0.1, 0.15) is 59.8 Å². The fourth-order valence-corrected chi connectivity index (χ4v) is 2.45. The average molecular weight is 386 g/mol. The number of ether oxygens (including phenoxy) is 2. The van der Waals surface area contributed by atoms with Crippen molar-refractivity contribution in [1.82, 2.24) is 0 Å². The van der Waals surface area contributed by atoms with Gasteiger partial charge in [0.05, 0.1) is 22.6 Å². The van der Waals surface area contributed by atoms with Crippen LogP contribution in [0.4, 0.5) is 4.79 Å². The van der Waals surface area contributed by atoms with E-state index < -0.39 is 11.4 Å². The topological polar surface area (TPSA) is 87.6 Å². The van der Waals surface area contributed by atoms with Crippen LogP contribution < -0.4 is 11.5 Å². The number of halogens is 1. The molecule has 4 N–H and O–H groups in total. The first-order valence-corrected chi connectivity index (χ1v) is 7.80. The number of rotatable bonds is 9. The number of nitrogens with two attached hydrogens (primary N) is 2. The zero-order valence-corrected chi connectivity index (χ0v) is 14.5. The Labute approximate surface area is 129 Å². The van der Waals surface area contributed by atoms with Crippen LogP contribution in [0.2, 0.25) is 0 Å². The molecule has 0 heterocycles. The average Bonchev–Trinajstić information content (AvgIpc) is 2.19. The summed E-state index contributed by atoms with van der Waals surface area (Å²) in [6, 6.07) is 0. The summed E-state index contributed by atoms with van der Waals surface area (Å²) in [5.41, 5.74) is 10.7. The van der Waals surface area contributed by atoms with E-state index in [0.29, 0.717) is 0 Å². The van der Waals surface area contributed by atoms with Crippen molar-refractivity contribution in [2.75, 3.05) is 0 Å². The lowest BCUT2D eigenvalue weighted by atomic mass is 9.95. The summed E-state index contributed by atoms with van der Waals surface area (Å²) in [5.74, 6) is -1.23. The molecule has 0 amide bonds. The highest BCUT2D eigenvalue weighted by atomic mass is 127. The van der Waals surface area contributed by atoms with Gasteiger partial charge in [0.2, 0.25) is 0 Å². The molecule has 0 aromatic carbocycles. The van der Waals surface area contributed by atoms with Gasteiger partial charge in [-0.25, -0.2) is 4.79 Å². The van der Waals surface area contributed by atoms with E-state index in [1.165, 1.54) is 12.8 Å². The van der Waals surface area contributed by atoms with Crippen LogP contribution in [0, 0.1) is 0 Å². The molecule has 19 heavy (non-hydrogen) atoms. The molecular weight excluding hydrogens is 359 g/mol. The zero-order valence-electron chi connectivity index (χ0n) is 12.4. The van der Waals surface area contributed by atoms with Gasteiger partial charge in [-0.15, -0.1) is 0 Å². The number of carbonyl (C=O) groups is 1. The van der Waals surface area contributed by atoms with Gasteiger partial charge in [0.1, 0.15) is 11.7 Å². The molecule has 114 valence electrons. The third-order valence-corrected chi connectivity index (χ3v) is 3.05. The predicted molar refractivity (Wildman–Crippen MR) is 85.0 cm³/mol. The number of carbonyl (C=O) groups excluding carboxylic acids is 1. The minimum absolute atomic E-state index is 0.317. The monoisotopic (exact) mass is 386 g/mol. The Hall–Kier alpha value is 0.0800. The Bertz CT molecular complexity index is 278. The Kier molecular flexibility index (Phi) is 8.42. The Morgan fingerprint density at radius 2 is 1.79 bits per heavy atom. The maximum absolute atomic E-state index is 11.2. The second-order valence-electron chi connectivity index (χ2n) is 5.58. The van der Waals surface area contributed by atoms with Crippen LogP contribution in [-0.2, 0) is 9.47 Å². The molecule has 0 rings (SSSR count). The first kappa shape index (κ1) is 19.1. The van der Waals surface area contributed by atoms with Gasteiger partial charge in [-0.2, -0.15) is 0 Å². The van der Waals surface area contributed by atoms with Crippen molar-refractivity contribution >= 4 is 26.6 Å². The Morgan fingerprint density at radius 1 is 1.21 bits per heavy atom. The van der Waals surface area contributed by atoms with E-state index in [-0.39, 0.29) is 10.1 Å². The molecule has 6 heteroatoms. The zero-order chi connectivity index (χ0) is 15.1. The summed E-state index contributed by atoms with van der Waals surface area (Å²) in [6.07, 6.45) is 4.92. The normalized spacial score (nSPS) is 14.3. The van der Waals surface area contributed by atoms with E-state index in [1.807, 2.05) is 13.8 Å². The van der Waals surface area contributed by atoms with E-state index in [4.69, 9.17) is 20.9 Å². The molecule has 1 unspecified atom stereocenters. The van der Waals surface area contributed by atoms with Gasteiger partial charge in [-0.3, -0.25) is 11.5 Å². The van der Waals surface area contributed by atoms with E-state index in [2.05, 4.69) is 6.92 Å². The van der Waals surface area contributed by atoms with Crippen molar-refractivity contribution < 1.29 is 14.3 Å². The molecule has 0 saturated carbocycles. The summed E-state index contributed by atoms with van der Waals surface area (Å²) >= 11 is 1.61. The number of hydrogen-bond donors (Lipinski definition) is 2. The molecule has 0 radical (unpaired) electrons. The molecule has 0 aliphatic rings. The fraction of sp³-hybridized carbons (Fsp3) is 0.923. The van der Waals surface area contributed by atoms with E-state index in [9.17, 15) is 4.79 Å². The van der Waals surface area contributed by atoms with Crippen LogP contribution in [0.3, 0.4) is 0 Å². The Balaban J connectivity index is 4.60. The molecule has 0 aliphatic heterocycles. The summed E-state index contributed by atoms with van der Waals surface area (Å²) in [7, 11) is 0. The van der Waals surface area contributed by atoms with Crippen molar-refractivity contribution in [2.24, 2.45) is 11.5 Å². The minimum Gasteiger partial charge on any atom is -0.449 e. The minimum atomic E-state index is -1.23. The molecule has 0 bridgehead atoms. The molecule has 0 fully saturated rings. The molecule has 1 atom stereocenters. The summed E-state index contributed by atoms with van der Waals surface area (Å²) in [4.78, 5) is 11.2. The van der Waals surface area contributed by atoms with E-state index in [1.54, 1.807) is 29.5 Å². The van der Waals surface area contributed by atoms with Crippen LogP contribution in [0.15, 0.2) is 0 Å². The molecule has 5 nitrogen and oxygen atoms in total. The number of hydrogen-bond acceptors (Lipinski definition) is 5. The highest BCUT2D eigenvalue weighted by Crippen LogP contribution is 2.26. The lowest BCUT2D eigenvalue weighted by Gasteiger charge is -2.37. The fourth-order valence-electron chi connectivity index (χ4n) is 1.88. The predicted octanol–water partition coefficient (Wildman–Crippen LogP) is 3.28. The molecule has 0 saturated heterocycles. The Morgan fingerprint density at radius 3 is 2.21 bits per heavy atom. The third kappa shape index (κ3) is 9.59. The van der Waals surface area contributed by atoms with Crippen LogP contribution in [0.5, 0.6) is 0 Å². The van der Waals surface area contributed by atoms with Crippen molar-refractivity contribution in [3.05, 3.63) is 0 Å². The van der Waals surface area contributed by atoms with Gasteiger partial charge >= 0.3 is 3.98 Å². The first-order chi connectivity index (χ1) is 8.58. The maximum atomic E-state index is 11.2. The molecule has 0 aliphatic carbocycles. The summed E-state index contributed by atoms with van der Waals surface area (Å²) in [5, 5.41) is 0. The lowest BCUT2D eigenvalue weighted by Crippen LogP contribution is -2.55. The van der Waals surface area contributed by atoms with Crippen molar-refractivity contribution in [3.8, 4) is 0 Å².